The van der Waals surface area contributed by atoms with Gasteiger partial charge < -0.3 is 14.3 Å². The van der Waals surface area contributed by atoms with Crippen LogP contribution >= 0.6 is 0 Å². The van der Waals surface area contributed by atoms with Crippen LogP contribution in [0.1, 0.15) is 27.2 Å². The summed E-state index contributed by atoms with van der Waals surface area (Å²) in [5, 5.41) is 1.82. The molecular weight excluding hydrogens is 474 g/mol. The molecule has 1 amide bonds. The average molecular weight is 498 g/mol. The highest BCUT2D eigenvalue weighted by Crippen LogP contribution is 2.39. The van der Waals surface area contributed by atoms with Gasteiger partial charge in [0.05, 0.1) is 29.4 Å². The Morgan fingerprint density at radius 3 is 2.61 bits per heavy atom. The molecule has 0 radical (unpaired) electrons. The number of benzene rings is 3. The van der Waals surface area contributed by atoms with E-state index in [1.54, 1.807) is 23.2 Å². The zero-order valence-corrected chi connectivity index (χ0v) is 20.6. The Bertz CT molecular complexity index is 1880. The lowest BCUT2D eigenvalue weighted by Crippen LogP contribution is -2.31. The van der Waals surface area contributed by atoms with Crippen LogP contribution in [0.3, 0.4) is 0 Å². The van der Waals surface area contributed by atoms with Gasteiger partial charge in [-0.05, 0) is 53.1 Å². The number of hydrogen-bond acceptors (Lipinski definition) is 4. The van der Waals surface area contributed by atoms with E-state index < -0.39 is 9.84 Å². The number of amides is 1. The number of aromatic amines is 1. The fourth-order valence-corrected chi connectivity index (χ4v) is 6.00. The highest BCUT2D eigenvalue weighted by molar-refractivity contribution is 7.89. The van der Waals surface area contributed by atoms with Crippen molar-refractivity contribution in [1.82, 2.24) is 9.38 Å². The maximum Gasteiger partial charge on any atom is 0.272 e. The molecule has 0 saturated carbocycles. The number of rotatable bonds is 3. The molecule has 0 fully saturated rings. The van der Waals surface area contributed by atoms with Crippen LogP contribution in [0.4, 0.5) is 5.69 Å². The number of aryl methyl sites for hydroxylation is 1. The average Bonchev–Trinajstić information content (AvgIpc) is 3.14. The SMILES string of the molecule is Cc1cc2n3c(c[nH]c(=O)c13)CN(C(=O)c1cccc3ccccc13)c1ccc(CS(C)(=O)=O)cc1-2. The third-order valence-electron chi connectivity index (χ3n) is 6.71. The molecule has 1 aliphatic heterocycles. The minimum absolute atomic E-state index is 0.118. The Kier molecular flexibility index (Phi) is 4.91. The first-order valence-corrected chi connectivity index (χ1v) is 13.6. The van der Waals surface area contributed by atoms with E-state index >= 15 is 0 Å². The van der Waals surface area contributed by atoms with Crippen molar-refractivity contribution in [3.8, 4) is 11.3 Å². The molecule has 1 N–H and O–H groups in total. The zero-order valence-electron chi connectivity index (χ0n) is 19.8. The van der Waals surface area contributed by atoms with Gasteiger partial charge in [0.1, 0.15) is 5.52 Å². The summed E-state index contributed by atoms with van der Waals surface area (Å²) in [6.45, 7) is 2.10. The van der Waals surface area contributed by atoms with E-state index in [2.05, 4.69) is 4.98 Å². The molecule has 0 atom stereocenters. The largest absolute Gasteiger partial charge is 0.325 e. The number of sulfone groups is 1. The number of aromatic nitrogens is 2. The summed E-state index contributed by atoms with van der Waals surface area (Å²) in [5.41, 5.74) is 5.17. The fourth-order valence-electron chi connectivity index (χ4n) is 5.21. The number of hydrogen-bond donors (Lipinski definition) is 1. The van der Waals surface area contributed by atoms with Crippen LogP contribution in [0.15, 0.2) is 77.7 Å². The summed E-state index contributed by atoms with van der Waals surface area (Å²) < 4.78 is 26.0. The first kappa shape index (κ1) is 22.3. The van der Waals surface area contributed by atoms with E-state index in [0.29, 0.717) is 27.9 Å². The molecule has 8 heteroatoms. The van der Waals surface area contributed by atoms with Crippen LogP contribution in [0.2, 0.25) is 0 Å². The highest BCUT2D eigenvalue weighted by Gasteiger charge is 2.29. The van der Waals surface area contributed by atoms with Crippen molar-refractivity contribution in [2.75, 3.05) is 11.2 Å². The van der Waals surface area contributed by atoms with E-state index in [0.717, 1.165) is 27.7 Å². The molecule has 6 rings (SSSR count). The lowest BCUT2D eigenvalue weighted by atomic mass is 10.0. The van der Waals surface area contributed by atoms with Gasteiger partial charge >= 0.3 is 0 Å². The molecule has 5 aromatic rings. The molecule has 7 nitrogen and oxygen atoms in total. The topological polar surface area (TPSA) is 91.7 Å². The number of H-pyrrole nitrogens is 1. The van der Waals surface area contributed by atoms with Crippen LogP contribution in [0.5, 0.6) is 0 Å². The maximum atomic E-state index is 14.1. The second-order valence-corrected chi connectivity index (χ2v) is 11.5. The van der Waals surface area contributed by atoms with Crippen LogP contribution in [0, 0.1) is 6.92 Å². The van der Waals surface area contributed by atoms with Gasteiger partial charge in [0, 0.05) is 23.6 Å². The van der Waals surface area contributed by atoms with Gasteiger partial charge in [-0.3, -0.25) is 9.59 Å². The molecule has 3 aromatic carbocycles. The van der Waals surface area contributed by atoms with Crippen LogP contribution in [-0.2, 0) is 22.1 Å². The predicted molar refractivity (Wildman–Crippen MR) is 141 cm³/mol. The summed E-state index contributed by atoms with van der Waals surface area (Å²) in [4.78, 5) is 31.4. The number of anilines is 1. The van der Waals surface area contributed by atoms with Gasteiger partial charge in [0.15, 0.2) is 9.84 Å². The van der Waals surface area contributed by atoms with Crippen LogP contribution < -0.4 is 10.5 Å². The number of nitrogens with zero attached hydrogens (tertiary/aromatic N) is 2. The molecule has 1 aliphatic rings. The van der Waals surface area contributed by atoms with Gasteiger partial charge in [0.25, 0.3) is 11.5 Å². The summed E-state index contributed by atoms with van der Waals surface area (Å²) in [6.07, 6.45) is 2.84. The first-order valence-electron chi connectivity index (χ1n) is 11.5. The van der Waals surface area contributed by atoms with Crippen molar-refractivity contribution in [1.29, 1.82) is 0 Å². The van der Waals surface area contributed by atoms with Gasteiger partial charge in [-0.1, -0.05) is 42.5 Å². The first-order chi connectivity index (χ1) is 17.2. The molecule has 2 aromatic heterocycles. The number of fused-ring (bicyclic) bond motifs is 3. The highest BCUT2D eigenvalue weighted by atomic mass is 32.2. The van der Waals surface area contributed by atoms with E-state index in [9.17, 15) is 18.0 Å². The number of nitrogens with one attached hydrogen (secondary N) is 1. The molecular formula is C28H23N3O4S. The van der Waals surface area contributed by atoms with Crippen molar-refractivity contribution in [2.24, 2.45) is 0 Å². The minimum atomic E-state index is -3.27. The molecule has 180 valence electrons. The monoisotopic (exact) mass is 497 g/mol. The van der Waals surface area contributed by atoms with Gasteiger partial charge in [-0.25, -0.2) is 8.42 Å². The minimum Gasteiger partial charge on any atom is -0.325 e. The van der Waals surface area contributed by atoms with Gasteiger partial charge in [-0.15, -0.1) is 0 Å². The normalized spacial score (nSPS) is 13.1. The molecule has 0 aliphatic carbocycles. The Hall–Kier alpha value is -4.17. The molecule has 0 unspecified atom stereocenters. The predicted octanol–water partition coefficient (Wildman–Crippen LogP) is 4.46. The zero-order chi connectivity index (χ0) is 25.2. The Morgan fingerprint density at radius 1 is 1.03 bits per heavy atom. The van der Waals surface area contributed by atoms with E-state index in [4.69, 9.17) is 0 Å². The van der Waals surface area contributed by atoms with Crippen molar-refractivity contribution in [2.45, 2.75) is 19.2 Å². The lowest BCUT2D eigenvalue weighted by molar-refractivity contribution is 0.0986. The van der Waals surface area contributed by atoms with Crippen molar-refractivity contribution >= 4 is 37.7 Å². The Balaban J connectivity index is 1.62. The van der Waals surface area contributed by atoms with Crippen molar-refractivity contribution < 1.29 is 13.2 Å². The van der Waals surface area contributed by atoms with Crippen molar-refractivity contribution in [3.63, 3.8) is 0 Å². The fraction of sp³-hybridized carbons (Fsp3) is 0.143. The van der Waals surface area contributed by atoms with E-state index in [-0.39, 0.29) is 23.8 Å². The van der Waals surface area contributed by atoms with Crippen LogP contribution in [0.25, 0.3) is 27.5 Å². The molecule has 0 spiro atoms. The second kappa shape index (κ2) is 7.93. The number of carbonyl (C=O) groups is 1. The quantitative estimate of drug-likeness (QED) is 0.398. The second-order valence-electron chi connectivity index (χ2n) is 9.35. The lowest BCUT2D eigenvalue weighted by Gasteiger charge is -2.24. The smallest absolute Gasteiger partial charge is 0.272 e. The molecule has 36 heavy (non-hydrogen) atoms. The molecule has 0 saturated heterocycles. The van der Waals surface area contributed by atoms with Crippen LogP contribution in [-0.4, -0.2) is 30.0 Å². The maximum absolute atomic E-state index is 14.1. The summed E-state index contributed by atoms with van der Waals surface area (Å²) in [7, 11) is -3.27. The van der Waals surface area contributed by atoms with Gasteiger partial charge in [-0.2, -0.15) is 0 Å². The van der Waals surface area contributed by atoms with Crippen molar-refractivity contribution in [3.05, 3.63) is 106 Å². The standard InChI is InChI=1S/C28H23N3O4S/c1-17-12-25-23-13-18(16-36(2,34)35)10-11-24(23)30(15-20-14-29-27(32)26(17)31(20)25)28(33)22-9-5-7-19-6-3-4-8-21(19)22/h3-14H,15-16H2,1-2H3,(H,29,32). The molecule has 0 bridgehead atoms. The summed E-state index contributed by atoms with van der Waals surface area (Å²) in [5.74, 6) is -0.293. The third kappa shape index (κ3) is 3.53. The van der Waals surface area contributed by atoms with Gasteiger partial charge in [0.2, 0.25) is 0 Å². The Labute approximate surface area is 207 Å². The van der Waals surface area contributed by atoms with E-state index in [1.165, 1.54) is 6.26 Å². The number of carbonyl (C=O) groups excluding carboxylic acids is 1. The molecule has 3 heterocycles. The summed E-state index contributed by atoms with van der Waals surface area (Å²) in [6, 6.07) is 20.7. The summed E-state index contributed by atoms with van der Waals surface area (Å²) >= 11 is 0. The van der Waals surface area contributed by atoms with E-state index in [1.807, 2.05) is 65.9 Å². The third-order valence-corrected chi connectivity index (χ3v) is 7.56. The Morgan fingerprint density at radius 2 is 1.81 bits per heavy atom.